The second-order valence-corrected chi connectivity index (χ2v) is 9.22. The molecule has 1 unspecified atom stereocenters. The van der Waals surface area contributed by atoms with Crippen molar-refractivity contribution in [1.82, 2.24) is 35.0 Å². The lowest BCUT2D eigenvalue weighted by molar-refractivity contribution is 0.0558. The number of carbonyl (C=O) groups excluding carboxylic acids is 1. The summed E-state index contributed by atoms with van der Waals surface area (Å²) in [6.07, 6.45) is 3.08. The zero-order valence-electron chi connectivity index (χ0n) is 21.3. The van der Waals surface area contributed by atoms with Crippen LogP contribution in [0.1, 0.15) is 40.7 Å². The number of benzene rings is 1. The highest BCUT2D eigenvalue weighted by molar-refractivity contribution is 5.91. The van der Waals surface area contributed by atoms with Crippen LogP contribution < -0.4 is 10.3 Å². The summed E-state index contributed by atoms with van der Waals surface area (Å²) < 4.78 is 18.1. The molecule has 1 aliphatic heterocycles. The van der Waals surface area contributed by atoms with Crippen molar-refractivity contribution in [2.24, 2.45) is 0 Å². The number of fused-ring (bicyclic) bond motifs is 1. The Labute approximate surface area is 222 Å². The molecule has 1 aliphatic rings. The maximum absolute atomic E-state index is 13.5. The van der Waals surface area contributed by atoms with Crippen LogP contribution in [-0.2, 0) is 6.54 Å². The van der Waals surface area contributed by atoms with E-state index in [-0.39, 0.29) is 11.5 Å². The minimum absolute atomic E-state index is 0.161. The molecule has 12 nitrogen and oxygen atoms in total. The Bertz CT molecular complexity index is 1620. The zero-order valence-corrected chi connectivity index (χ0v) is 21.3. The number of pyridine rings is 1. The van der Waals surface area contributed by atoms with Gasteiger partial charge in [-0.25, -0.2) is 4.68 Å². The van der Waals surface area contributed by atoms with Crippen molar-refractivity contribution in [1.29, 1.82) is 0 Å². The van der Waals surface area contributed by atoms with Crippen LogP contribution >= 0.6 is 0 Å². The first-order valence-electron chi connectivity index (χ1n) is 12.8. The third kappa shape index (κ3) is 4.93. The number of nitrogens with one attached hydrogen (secondary N) is 1. The van der Waals surface area contributed by atoms with Crippen LogP contribution in [-0.4, -0.2) is 73.7 Å². The van der Waals surface area contributed by atoms with Gasteiger partial charge in [-0.2, -0.15) is 0 Å². The van der Waals surface area contributed by atoms with Crippen LogP contribution in [0.4, 0.5) is 0 Å². The Morgan fingerprint density at radius 3 is 2.64 bits per heavy atom. The van der Waals surface area contributed by atoms with Gasteiger partial charge in [0.05, 0.1) is 19.1 Å². The monoisotopic (exact) mass is 529 g/mol. The zero-order chi connectivity index (χ0) is 26.8. The van der Waals surface area contributed by atoms with Gasteiger partial charge in [-0.1, -0.05) is 0 Å². The second-order valence-electron chi connectivity index (χ2n) is 9.22. The number of ether oxygens (including phenoxy) is 1. The normalized spacial score (nSPS) is 15.1. The predicted octanol–water partition coefficient (Wildman–Crippen LogP) is 2.70. The molecule has 0 aliphatic carbocycles. The molecule has 0 radical (unpaired) electrons. The van der Waals surface area contributed by atoms with E-state index < -0.39 is 6.04 Å². The third-order valence-electron chi connectivity index (χ3n) is 6.84. The van der Waals surface area contributed by atoms with Crippen molar-refractivity contribution < 1.29 is 18.4 Å². The van der Waals surface area contributed by atoms with Crippen molar-refractivity contribution >= 4 is 16.8 Å². The molecule has 0 spiro atoms. The number of hydrogen-bond acceptors (Lipinski definition) is 9. The maximum Gasteiger partial charge on any atom is 0.289 e. The summed E-state index contributed by atoms with van der Waals surface area (Å²) in [5, 5.41) is 13.3. The molecule has 1 N–H and O–H groups in total. The van der Waals surface area contributed by atoms with E-state index in [0.717, 1.165) is 5.39 Å². The molecule has 39 heavy (non-hydrogen) atoms. The fourth-order valence-electron chi connectivity index (χ4n) is 4.97. The van der Waals surface area contributed by atoms with E-state index >= 15 is 0 Å². The SMILES string of the molecule is CCOc1ccc2[nH]c(=O)c(C(c3nnnn3Cc3ccco3)N3CCN(C(=O)c4ccco4)CC3)cc2c1. The van der Waals surface area contributed by atoms with Crippen molar-refractivity contribution in [3.8, 4) is 5.75 Å². The number of furan rings is 2. The lowest BCUT2D eigenvalue weighted by atomic mass is 10.0. The third-order valence-corrected chi connectivity index (χ3v) is 6.84. The van der Waals surface area contributed by atoms with Crippen molar-refractivity contribution in [2.45, 2.75) is 19.5 Å². The molecular weight excluding hydrogens is 502 g/mol. The molecule has 0 bridgehead atoms. The maximum atomic E-state index is 13.5. The van der Waals surface area contributed by atoms with Crippen molar-refractivity contribution in [2.75, 3.05) is 32.8 Å². The van der Waals surface area contributed by atoms with E-state index in [2.05, 4.69) is 25.4 Å². The van der Waals surface area contributed by atoms with Gasteiger partial charge in [0.25, 0.3) is 11.5 Å². The van der Waals surface area contributed by atoms with E-state index in [1.807, 2.05) is 37.3 Å². The van der Waals surface area contributed by atoms with E-state index in [4.69, 9.17) is 13.6 Å². The molecule has 200 valence electrons. The highest BCUT2D eigenvalue weighted by Crippen LogP contribution is 2.29. The molecule has 1 atom stereocenters. The van der Waals surface area contributed by atoms with Gasteiger partial charge >= 0.3 is 0 Å². The van der Waals surface area contributed by atoms with Gasteiger partial charge in [0.2, 0.25) is 0 Å². The lowest BCUT2D eigenvalue weighted by Gasteiger charge is -2.38. The van der Waals surface area contributed by atoms with Gasteiger partial charge in [0.15, 0.2) is 11.6 Å². The molecule has 1 fully saturated rings. The highest BCUT2D eigenvalue weighted by atomic mass is 16.5. The average molecular weight is 530 g/mol. The number of rotatable bonds is 8. The molecule has 6 rings (SSSR count). The number of hydrogen-bond donors (Lipinski definition) is 1. The van der Waals surface area contributed by atoms with E-state index in [9.17, 15) is 9.59 Å². The first-order valence-corrected chi connectivity index (χ1v) is 12.8. The average Bonchev–Trinajstić information content (AvgIpc) is 3.74. The van der Waals surface area contributed by atoms with Gasteiger partial charge in [-0.3, -0.25) is 14.5 Å². The number of aromatic nitrogens is 5. The largest absolute Gasteiger partial charge is 0.494 e. The summed E-state index contributed by atoms with van der Waals surface area (Å²) in [7, 11) is 0. The fourth-order valence-corrected chi connectivity index (χ4v) is 4.97. The molecule has 1 saturated heterocycles. The summed E-state index contributed by atoms with van der Waals surface area (Å²) >= 11 is 0. The molecule has 4 aromatic heterocycles. The Morgan fingerprint density at radius 1 is 1.08 bits per heavy atom. The van der Waals surface area contributed by atoms with Gasteiger partial charge < -0.3 is 23.5 Å². The fraction of sp³-hybridized carbons (Fsp3) is 0.296. The van der Waals surface area contributed by atoms with Crippen molar-refractivity contribution in [3.63, 3.8) is 0 Å². The van der Waals surface area contributed by atoms with Crippen LogP contribution in [0.5, 0.6) is 5.75 Å². The summed E-state index contributed by atoms with van der Waals surface area (Å²) in [4.78, 5) is 33.2. The molecular formula is C27H27N7O5. The van der Waals surface area contributed by atoms with Crippen LogP contribution in [0.25, 0.3) is 10.9 Å². The molecule has 1 amide bonds. The first kappa shape index (κ1) is 24.6. The Balaban J connectivity index is 1.37. The molecule has 5 aromatic rings. The Kier molecular flexibility index (Phi) is 6.68. The molecule has 5 heterocycles. The van der Waals surface area contributed by atoms with Gasteiger partial charge in [0, 0.05) is 42.6 Å². The number of aromatic amines is 1. The summed E-state index contributed by atoms with van der Waals surface area (Å²) in [6.45, 7) is 4.68. The quantitative estimate of drug-likeness (QED) is 0.322. The smallest absolute Gasteiger partial charge is 0.289 e. The lowest BCUT2D eigenvalue weighted by Crippen LogP contribution is -2.50. The van der Waals surface area contributed by atoms with Crippen molar-refractivity contribution in [3.05, 3.63) is 94.3 Å². The Morgan fingerprint density at radius 2 is 1.90 bits per heavy atom. The molecule has 12 heteroatoms. The molecule has 0 saturated carbocycles. The van der Waals surface area contributed by atoms with Gasteiger partial charge in [-0.15, -0.1) is 5.10 Å². The molecule has 1 aromatic carbocycles. The van der Waals surface area contributed by atoms with E-state index in [1.165, 1.54) is 6.26 Å². The van der Waals surface area contributed by atoms with E-state index in [0.29, 0.717) is 73.5 Å². The topological polar surface area (TPSA) is 136 Å². The van der Waals surface area contributed by atoms with Crippen LogP contribution in [0.2, 0.25) is 0 Å². The minimum atomic E-state index is -0.570. The first-order chi connectivity index (χ1) is 19.1. The van der Waals surface area contributed by atoms with E-state index in [1.54, 1.807) is 34.0 Å². The predicted molar refractivity (Wildman–Crippen MR) is 139 cm³/mol. The Hall–Kier alpha value is -4.71. The number of H-pyrrole nitrogens is 1. The van der Waals surface area contributed by atoms with Crippen LogP contribution in [0.15, 0.2) is 74.7 Å². The standard InChI is InChI=1S/C27H27N7O5/c1-2-37-19-7-8-22-18(15-19)16-21(26(35)28-22)24(25-29-30-31-34(25)17-20-5-3-13-38-20)32-9-11-33(12-10-32)27(36)23-6-4-14-39-23/h3-8,13-16,24H,2,9-12,17H2,1H3,(H,28,35). The number of carbonyl (C=O) groups is 1. The number of piperazine rings is 1. The number of tetrazole rings is 1. The second kappa shape index (κ2) is 10.6. The van der Waals surface area contributed by atoms with Crippen LogP contribution in [0.3, 0.4) is 0 Å². The number of nitrogens with zero attached hydrogens (tertiary/aromatic N) is 6. The summed E-state index contributed by atoms with van der Waals surface area (Å²) in [5.41, 5.74) is 0.964. The minimum Gasteiger partial charge on any atom is -0.494 e. The van der Waals surface area contributed by atoms with Gasteiger partial charge in [-0.05, 0) is 65.9 Å². The highest BCUT2D eigenvalue weighted by Gasteiger charge is 2.34. The summed E-state index contributed by atoms with van der Waals surface area (Å²) in [5.74, 6) is 2.05. The summed E-state index contributed by atoms with van der Waals surface area (Å²) in [6, 6.07) is 13.9. The number of amides is 1. The van der Waals surface area contributed by atoms with Crippen LogP contribution in [0, 0.1) is 0 Å². The van der Waals surface area contributed by atoms with Gasteiger partial charge in [0.1, 0.15) is 24.1 Å².